The van der Waals surface area contributed by atoms with Gasteiger partial charge in [-0.3, -0.25) is 9.78 Å². The Hall–Kier alpha value is -4.00. The third kappa shape index (κ3) is 4.20. The van der Waals surface area contributed by atoms with E-state index in [9.17, 15) is 4.79 Å². The maximum absolute atomic E-state index is 13.0. The molecular formula is C23H21N5O2. The standard InChI is InChI=1S/C23H21N5O2/c1-16-5-9-18(10-6-16)21-26-23(25-14-17-7-11-20(30-2)12-8-17)28(27-21)22(29)19-4-3-13-24-15-19/h3-13,15H,14H2,1-2H3,(H,25,26,27). The maximum atomic E-state index is 13.0. The number of ether oxygens (including phenoxy) is 1. The van der Waals surface area contributed by atoms with Gasteiger partial charge in [-0.15, -0.1) is 5.10 Å². The maximum Gasteiger partial charge on any atom is 0.282 e. The van der Waals surface area contributed by atoms with Crippen molar-refractivity contribution >= 4 is 11.9 Å². The van der Waals surface area contributed by atoms with Crippen molar-refractivity contribution in [2.45, 2.75) is 13.5 Å². The van der Waals surface area contributed by atoms with Gasteiger partial charge in [-0.2, -0.15) is 9.67 Å². The number of carbonyl (C=O) groups excluding carboxylic acids is 1. The third-order valence-electron chi connectivity index (χ3n) is 4.63. The van der Waals surface area contributed by atoms with Gasteiger partial charge in [-0.05, 0) is 36.8 Å². The largest absolute Gasteiger partial charge is 0.497 e. The van der Waals surface area contributed by atoms with Crippen molar-refractivity contribution in [1.29, 1.82) is 0 Å². The number of hydrogen-bond donors (Lipinski definition) is 1. The molecule has 0 aliphatic rings. The number of aromatic nitrogens is 4. The molecule has 0 unspecified atom stereocenters. The van der Waals surface area contributed by atoms with Crippen molar-refractivity contribution in [3.63, 3.8) is 0 Å². The summed E-state index contributed by atoms with van der Waals surface area (Å²) in [6.45, 7) is 2.50. The van der Waals surface area contributed by atoms with Gasteiger partial charge in [0.1, 0.15) is 5.75 Å². The number of carbonyl (C=O) groups is 1. The van der Waals surface area contributed by atoms with Crippen molar-refractivity contribution in [3.05, 3.63) is 89.7 Å². The smallest absolute Gasteiger partial charge is 0.282 e. The van der Waals surface area contributed by atoms with Crippen molar-refractivity contribution in [2.75, 3.05) is 12.4 Å². The quantitative estimate of drug-likeness (QED) is 0.529. The summed E-state index contributed by atoms with van der Waals surface area (Å²) < 4.78 is 6.48. The Labute approximate surface area is 174 Å². The molecule has 7 nitrogen and oxygen atoms in total. The molecule has 0 aliphatic heterocycles. The fraction of sp³-hybridized carbons (Fsp3) is 0.130. The summed E-state index contributed by atoms with van der Waals surface area (Å²) in [5.41, 5.74) is 3.44. The van der Waals surface area contributed by atoms with Crippen LogP contribution >= 0.6 is 0 Å². The van der Waals surface area contributed by atoms with Gasteiger partial charge in [-0.25, -0.2) is 0 Å². The lowest BCUT2D eigenvalue weighted by Gasteiger charge is -2.08. The van der Waals surface area contributed by atoms with E-state index in [4.69, 9.17) is 4.74 Å². The van der Waals surface area contributed by atoms with Gasteiger partial charge in [0.25, 0.3) is 5.91 Å². The Kier molecular flexibility index (Phi) is 5.52. The topological polar surface area (TPSA) is 81.9 Å². The van der Waals surface area contributed by atoms with E-state index in [1.165, 1.54) is 10.9 Å². The highest BCUT2D eigenvalue weighted by Crippen LogP contribution is 2.20. The van der Waals surface area contributed by atoms with Crippen LogP contribution in [0.25, 0.3) is 11.4 Å². The lowest BCUT2D eigenvalue weighted by molar-refractivity contribution is 0.0947. The highest BCUT2D eigenvalue weighted by atomic mass is 16.5. The number of methoxy groups -OCH3 is 1. The van der Waals surface area contributed by atoms with Crippen molar-refractivity contribution < 1.29 is 9.53 Å². The fourth-order valence-corrected chi connectivity index (χ4v) is 2.93. The molecular weight excluding hydrogens is 378 g/mol. The van der Waals surface area contributed by atoms with E-state index < -0.39 is 0 Å². The zero-order chi connectivity index (χ0) is 20.9. The van der Waals surface area contributed by atoms with Crippen LogP contribution in [0.4, 0.5) is 5.95 Å². The first kappa shape index (κ1) is 19.3. The summed E-state index contributed by atoms with van der Waals surface area (Å²) in [5, 5.41) is 7.70. The summed E-state index contributed by atoms with van der Waals surface area (Å²) in [6.07, 6.45) is 3.14. The number of hydrogen-bond acceptors (Lipinski definition) is 6. The van der Waals surface area contributed by atoms with E-state index in [1.54, 1.807) is 25.4 Å². The summed E-state index contributed by atoms with van der Waals surface area (Å²) in [7, 11) is 1.63. The molecule has 0 bridgehead atoms. The Balaban J connectivity index is 1.65. The Morgan fingerprint density at radius 3 is 2.50 bits per heavy atom. The number of rotatable bonds is 6. The van der Waals surface area contributed by atoms with E-state index >= 15 is 0 Å². The predicted molar refractivity (Wildman–Crippen MR) is 114 cm³/mol. The highest BCUT2D eigenvalue weighted by Gasteiger charge is 2.19. The lowest BCUT2D eigenvalue weighted by atomic mass is 10.1. The minimum atomic E-state index is -0.300. The Morgan fingerprint density at radius 2 is 1.83 bits per heavy atom. The number of anilines is 1. The normalized spacial score (nSPS) is 10.6. The average molecular weight is 399 g/mol. The number of benzene rings is 2. The van der Waals surface area contributed by atoms with Crippen molar-refractivity contribution in [1.82, 2.24) is 19.7 Å². The first-order valence-corrected chi connectivity index (χ1v) is 9.49. The van der Waals surface area contributed by atoms with Gasteiger partial charge in [0.15, 0.2) is 5.82 Å². The van der Waals surface area contributed by atoms with Crippen LogP contribution in [0.15, 0.2) is 73.1 Å². The van der Waals surface area contributed by atoms with E-state index in [2.05, 4.69) is 20.4 Å². The number of pyridine rings is 1. The van der Waals surface area contributed by atoms with Crippen LogP contribution in [-0.2, 0) is 6.54 Å². The summed E-state index contributed by atoms with van der Waals surface area (Å²) in [4.78, 5) is 21.6. The monoisotopic (exact) mass is 399 g/mol. The fourth-order valence-electron chi connectivity index (χ4n) is 2.93. The van der Waals surface area contributed by atoms with E-state index in [0.29, 0.717) is 23.9 Å². The van der Waals surface area contributed by atoms with Gasteiger partial charge >= 0.3 is 0 Å². The van der Waals surface area contributed by atoms with Gasteiger partial charge in [0.05, 0.1) is 12.7 Å². The molecule has 2 heterocycles. The summed E-state index contributed by atoms with van der Waals surface area (Å²) in [6, 6.07) is 19.0. The van der Waals surface area contributed by atoms with Gasteiger partial charge in [0.2, 0.25) is 5.95 Å². The molecule has 0 fully saturated rings. The molecule has 7 heteroatoms. The van der Waals surface area contributed by atoms with Crippen LogP contribution in [0.2, 0.25) is 0 Å². The second kappa shape index (κ2) is 8.57. The van der Waals surface area contributed by atoms with Gasteiger partial charge in [-0.1, -0.05) is 42.0 Å². The van der Waals surface area contributed by atoms with E-state index in [1.807, 2.05) is 55.5 Å². The van der Waals surface area contributed by atoms with Crippen molar-refractivity contribution in [2.24, 2.45) is 0 Å². The average Bonchev–Trinajstić information content (AvgIpc) is 3.23. The zero-order valence-electron chi connectivity index (χ0n) is 16.7. The molecule has 4 aromatic rings. The molecule has 4 rings (SSSR count). The Morgan fingerprint density at radius 1 is 1.07 bits per heavy atom. The van der Waals surface area contributed by atoms with Gasteiger partial charge < -0.3 is 10.1 Å². The number of nitrogens with zero attached hydrogens (tertiary/aromatic N) is 4. The van der Waals surface area contributed by atoms with Gasteiger partial charge in [0, 0.05) is 24.5 Å². The molecule has 0 amide bonds. The molecule has 2 aromatic heterocycles. The predicted octanol–water partition coefficient (Wildman–Crippen LogP) is 3.96. The zero-order valence-corrected chi connectivity index (χ0v) is 16.7. The van der Waals surface area contributed by atoms with Crippen LogP contribution < -0.4 is 10.1 Å². The first-order valence-electron chi connectivity index (χ1n) is 9.49. The first-order chi connectivity index (χ1) is 14.6. The molecule has 0 atom stereocenters. The molecule has 0 aliphatic carbocycles. The molecule has 0 saturated heterocycles. The number of nitrogens with one attached hydrogen (secondary N) is 1. The van der Waals surface area contributed by atoms with Crippen LogP contribution in [0.3, 0.4) is 0 Å². The molecule has 30 heavy (non-hydrogen) atoms. The van der Waals surface area contributed by atoms with Crippen molar-refractivity contribution in [3.8, 4) is 17.1 Å². The molecule has 2 aromatic carbocycles. The lowest BCUT2D eigenvalue weighted by Crippen LogP contribution is -2.17. The second-order valence-corrected chi connectivity index (χ2v) is 6.79. The van der Waals surface area contributed by atoms with Crippen LogP contribution in [-0.4, -0.2) is 32.8 Å². The SMILES string of the molecule is COc1ccc(CNc2nc(-c3ccc(C)cc3)nn2C(=O)c2cccnc2)cc1. The van der Waals surface area contributed by atoms with Crippen LogP contribution in [0.1, 0.15) is 21.5 Å². The summed E-state index contributed by atoms with van der Waals surface area (Å²) in [5.74, 6) is 1.33. The third-order valence-corrected chi connectivity index (χ3v) is 4.63. The molecule has 1 N–H and O–H groups in total. The molecule has 0 radical (unpaired) electrons. The van der Waals surface area contributed by atoms with E-state index in [-0.39, 0.29) is 5.91 Å². The summed E-state index contributed by atoms with van der Waals surface area (Å²) >= 11 is 0. The molecule has 0 saturated carbocycles. The minimum absolute atomic E-state index is 0.300. The van der Waals surface area contributed by atoms with E-state index in [0.717, 1.165) is 22.4 Å². The molecule has 0 spiro atoms. The minimum Gasteiger partial charge on any atom is -0.497 e. The van der Waals surface area contributed by atoms with Crippen LogP contribution in [0.5, 0.6) is 5.75 Å². The van der Waals surface area contributed by atoms with Crippen LogP contribution in [0, 0.1) is 6.92 Å². The number of aryl methyl sites for hydroxylation is 1. The Bertz CT molecular complexity index is 1140. The second-order valence-electron chi connectivity index (χ2n) is 6.79. The molecule has 150 valence electrons. The highest BCUT2D eigenvalue weighted by molar-refractivity contribution is 5.96.